The molecule has 0 aliphatic carbocycles. The SMILES string of the molecule is COc1ccccc1NCC(=O)N1CCC2(CCNC2)CC1. The molecule has 1 aromatic carbocycles. The topological polar surface area (TPSA) is 53.6 Å². The van der Waals surface area contributed by atoms with Gasteiger partial charge in [-0.25, -0.2) is 0 Å². The highest BCUT2D eigenvalue weighted by Gasteiger charge is 2.37. The molecule has 2 aliphatic rings. The van der Waals surface area contributed by atoms with Gasteiger partial charge in [-0.2, -0.15) is 0 Å². The number of hydrogen-bond donors (Lipinski definition) is 2. The van der Waals surface area contributed by atoms with E-state index >= 15 is 0 Å². The highest BCUT2D eigenvalue weighted by Crippen LogP contribution is 2.36. The zero-order chi connectivity index (χ0) is 15.4. The van der Waals surface area contributed by atoms with E-state index in [0.29, 0.717) is 12.0 Å². The summed E-state index contributed by atoms with van der Waals surface area (Å²) in [6.07, 6.45) is 3.51. The van der Waals surface area contributed by atoms with Gasteiger partial charge in [0.15, 0.2) is 0 Å². The summed E-state index contributed by atoms with van der Waals surface area (Å²) < 4.78 is 5.29. The van der Waals surface area contributed by atoms with Crippen LogP contribution in [-0.4, -0.2) is 50.6 Å². The Morgan fingerprint density at radius 1 is 1.32 bits per heavy atom. The smallest absolute Gasteiger partial charge is 0.241 e. The summed E-state index contributed by atoms with van der Waals surface area (Å²) in [6.45, 7) is 4.34. The van der Waals surface area contributed by atoms with Crippen LogP contribution >= 0.6 is 0 Å². The van der Waals surface area contributed by atoms with E-state index in [1.54, 1.807) is 7.11 Å². The number of nitrogens with zero attached hydrogens (tertiary/aromatic N) is 1. The maximum absolute atomic E-state index is 12.4. The number of anilines is 1. The largest absolute Gasteiger partial charge is 0.495 e. The average Bonchev–Trinajstić information content (AvgIpc) is 3.01. The molecule has 22 heavy (non-hydrogen) atoms. The van der Waals surface area contributed by atoms with Gasteiger partial charge < -0.3 is 20.3 Å². The minimum atomic E-state index is 0.173. The highest BCUT2D eigenvalue weighted by molar-refractivity contribution is 5.81. The van der Waals surface area contributed by atoms with E-state index in [9.17, 15) is 4.79 Å². The Hall–Kier alpha value is -1.75. The molecule has 5 nitrogen and oxygen atoms in total. The fourth-order valence-electron chi connectivity index (χ4n) is 3.53. The molecule has 5 heteroatoms. The molecule has 2 aliphatic heterocycles. The van der Waals surface area contributed by atoms with Gasteiger partial charge in [0.25, 0.3) is 0 Å². The molecule has 1 aromatic rings. The van der Waals surface area contributed by atoms with E-state index in [2.05, 4.69) is 10.6 Å². The van der Waals surface area contributed by atoms with Gasteiger partial charge in [0.2, 0.25) is 5.91 Å². The van der Waals surface area contributed by atoms with Gasteiger partial charge in [-0.15, -0.1) is 0 Å². The first-order valence-corrected chi connectivity index (χ1v) is 8.08. The van der Waals surface area contributed by atoms with Crippen LogP contribution in [0.25, 0.3) is 0 Å². The fourth-order valence-corrected chi connectivity index (χ4v) is 3.53. The zero-order valence-electron chi connectivity index (χ0n) is 13.2. The maximum atomic E-state index is 12.4. The van der Waals surface area contributed by atoms with Crippen molar-refractivity contribution in [3.05, 3.63) is 24.3 Å². The van der Waals surface area contributed by atoms with Crippen LogP contribution in [-0.2, 0) is 4.79 Å². The van der Waals surface area contributed by atoms with Crippen molar-refractivity contribution in [2.24, 2.45) is 5.41 Å². The molecule has 2 N–H and O–H groups in total. The molecule has 0 unspecified atom stereocenters. The van der Waals surface area contributed by atoms with Crippen LogP contribution in [0, 0.1) is 5.41 Å². The van der Waals surface area contributed by atoms with Crippen molar-refractivity contribution < 1.29 is 9.53 Å². The van der Waals surface area contributed by atoms with Gasteiger partial charge in [0.05, 0.1) is 19.3 Å². The molecule has 0 radical (unpaired) electrons. The average molecular weight is 303 g/mol. The van der Waals surface area contributed by atoms with Crippen LogP contribution in [0.2, 0.25) is 0 Å². The molecule has 1 amide bonds. The first-order chi connectivity index (χ1) is 10.7. The lowest BCUT2D eigenvalue weighted by molar-refractivity contribution is -0.131. The second-order valence-corrected chi connectivity index (χ2v) is 6.36. The normalized spacial score (nSPS) is 20.1. The van der Waals surface area contributed by atoms with Gasteiger partial charge in [0, 0.05) is 19.6 Å². The molecule has 120 valence electrons. The molecule has 0 atom stereocenters. The molecule has 2 heterocycles. The van der Waals surface area contributed by atoms with Crippen LogP contribution in [0.4, 0.5) is 5.69 Å². The number of rotatable bonds is 4. The van der Waals surface area contributed by atoms with E-state index in [0.717, 1.165) is 50.5 Å². The van der Waals surface area contributed by atoms with E-state index in [4.69, 9.17) is 4.74 Å². The summed E-state index contributed by atoms with van der Waals surface area (Å²) in [5, 5.41) is 6.65. The van der Waals surface area contributed by atoms with Crippen molar-refractivity contribution in [3.8, 4) is 5.75 Å². The lowest BCUT2D eigenvalue weighted by Crippen LogP contribution is -2.45. The van der Waals surface area contributed by atoms with Crippen LogP contribution in [0.1, 0.15) is 19.3 Å². The Morgan fingerprint density at radius 3 is 2.77 bits per heavy atom. The number of hydrogen-bond acceptors (Lipinski definition) is 4. The third kappa shape index (κ3) is 3.19. The molecule has 2 saturated heterocycles. The van der Waals surface area contributed by atoms with Crippen molar-refractivity contribution in [2.75, 3.05) is 45.2 Å². The van der Waals surface area contributed by atoms with E-state index < -0.39 is 0 Å². The summed E-state index contributed by atoms with van der Waals surface area (Å²) in [5.74, 6) is 0.941. The van der Waals surface area contributed by atoms with Crippen molar-refractivity contribution in [2.45, 2.75) is 19.3 Å². The molecule has 3 rings (SSSR count). The van der Waals surface area contributed by atoms with Crippen molar-refractivity contribution >= 4 is 11.6 Å². The van der Waals surface area contributed by atoms with Crippen molar-refractivity contribution in [1.82, 2.24) is 10.2 Å². The number of methoxy groups -OCH3 is 1. The van der Waals surface area contributed by atoms with Crippen LogP contribution in [0.5, 0.6) is 5.75 Å². The Bertz CT molecular complexity index is 516. The number of ether oxygens (including phenoxy) is 1. The fraction of sp³-hybridized carbons (Fsp3) is 0.588. The van der Waals surface area contributed by atoms with Gasteiger partial charge in [-0.3, -0.25) is 4.79 Å². The number of nitrogens with one attached hydrogen (secondary N) is 2. The van der Waals surface area contributed by atoms with Gasteiger partial charge in [0.1, 0.15) is 5.75 Å². The lowest BCUT2D eigenvalue weighted by atomic mass is 9.78. The second-order valence-electron chi connectivity index (χ2n) is 6.36. The Labute approximate surface area is 132 Å². The molecular formula is C17H25N3O2. The lowest BCUT2D eigenvalue weighted by Gasteiger charge is -2.39. The summed E-state index contributed by atoms with van der Waals surface area (Å²) in [5.41, 5.74) is 1.32. The third-order valence-corrected chi connectivity index (χ3v) is 5.05. The quantitative estimate of drug-likeness (QED) is 0.889. The Morgan fingerprint density at radius 2 is 2.09 bits per heavy atom. The number of para-hydroxylation sites is 2. The maximum Gasteiger partial charge on any atom is 0.241 e. The molecule has 2 fully saturated rings. The van der Waals surface area contributed by atoms with Crippen LogP contribution in [0.15, 0.2) is 24.3 Å². The number of amides is 1. The predicted molar refractivity (Wildman–Crippen MR) is 87.2 cm³/mol. The number of likely N-dealkylation sites (tertiary alicyclic amines) is 1. The zero-order valence-corrected chi connectivity index (χ0v) is 13.2. The van der Waals surface area contributed by atoms with Gasteiger partial charge >= 0.3 is 0 Å². The number of carbonyl (C=O) groups excluding carboxylic acids is 1. The Kier molecular flexibility index (Phi) is 4.52. The van der Waals surface area contributed by atoms with Crippen molar-refractivity contribution in [3.63, 3.8) is 0 Å². The van der Waals surface area contributed by atoms with E-state index in [1.807, 2.05) is 29.2 Å². The standard InChI is InChI=1S/C17H25N3O2/c1-22-15-5-3-2-4-14(15)19-12-16(21)20-10-7-17(8-11-20)6-9-18-13-17/h2-5,18-19H,6-13H2,1H3. The van der Waals surface area contributed by atoms with Gasteiger partial charge in [-0.1, -0.05) is 12.1 Å². The van der Waals surface area contributed by atoms with Crippen LogP contribution < -0.4 is 15.4 Å². The predicted octanol–water partition coefficient (Wildman–Crippen LogP) is 1.71. The summed E-state index contributed by atoms with van der Waals surface area (Å²) in [7, 11) is 1.64. The van der Waals surface area contributed by atoms with Crippen molar-refractivity contribution in [1.29, 1.82) is 0 Å². The molecule has 0 aromatic heterocycles. The summed E-state index contributed by atoms with van der Waals surface area (Å²) >= 11 is 0. The summed E-state index contributed by atoms with van der Waals surface area (Å²) in [4.78, 5) is 14.4. The minimum Gasteiger partial charge on any atom is -0.495 e. The second kappa shape index (κ2) is 6.57. The Balaban J connectivity index is 1.50. The molecule has 1 spiro atoms. The molecular weight excluding hydrogens is 278 g/mol. The minimum absolute atomic E-state index is 0.173. The van der Waals surface area contributed by atoms with Crippen LogP contribution in [0.3, 0.4) is 0 Å². The van der Waals surface area contributed by atoms with E-state index in [-0.39, 0.29) is 5.91 Å². The number of benzene rings is 1. The molecule has 0 saturated carbocycles. The first kappa shape index (κ1) is 15.2. The monoisotopic (exact) mass is 303 g/mol. The van der Waals surface area contributed by atoms with Gasteiger partial charge in [-0.05, 0) is 43.4 Å². The third-order valence-electron chi connectivity index (χ3n) is 5.05. The number of piperidine rings is 1. The number of carbonyl (C=O) groups is 1. The first-order valence-electron chi connectivity index (χ1n) is 8.08. The highest BCUT2D eigenvalue weighted by atomic mass is 16.5. The van der Waals surface area contributed by atoms with E-state index in [1.165, 1.54) is 6.42 Å². The molecule has 0 bridgehead atoms. The summed E-state index contributed by atoms with van der Waals surface area (Å²) in [6, 6.07) is 7.69.